The van der Waals surface area contributed by atoms with Crippen LogP contribution in [-0.4, -0.2) is 36.7 Å². The van der Waals surface area contributed by atoms with Crippen LogP contribution in [0.15, 0.2) is 5.16 Å². The van der Waals surface area contributed by atoms with Crippen LogP contribution in [0.5, 0.6) is 0 Å². The van der Waals surface area contributed by atoms with Crippen molar-refractivity contribution in [2.24, 2.45) is 7.05 Å². The van der Waals surface area contributed by atoms with Crippen LogP contribution < -0.4 is 0 Å². The highest BCUT2D eigenvalue weighted by atomic mass is 32.2. The lowest BCUT2D eigenvalue weighted by Gasteiger charge is -2.25. The number of rotatable bonds is 2. The zero-order valence-electron chi connectivity index (χ0n) is 8.13. The molecule has 5 nitrogen and oxygen atoms in total. The Balaban J connectivity index is 1.99. The van der Waals surface area contributed by atoms with Gasteiger partial charge >= 0.3 is 0 Å². The van der Waals surface area contributed by atoms with Crippen LogP contribution in [0.1, 0.15) is 25.7 Å². The first kappa shape index (κ1) is 9.92. The van der Waals surface area contributed by atoms with Gasteiger partial charge < -0.3 is 5.11 Å². The maximum Gasteiger partial charge on any atom is 0.209 e. The Morgan fingerprint density at radius 3 is 2.86 bits per heavy atom. The third-order valence-corrected chi connectivity index (χ3v) is 3.92. The second-order valence-corrected chi connectivity index (χ2v) is 4.80. The smallest absolute Gasteiger partial charge is 0.209 e. The Labute approximate surface area is 86.9 Å². The molecule has 0 aliphatic heterocycles. The monoisotopic (exact) mass is 214 g/mol. The van der Waals surface area contributed by atoms with E-state index in [4.69, 9.17) is 0 Å². The number of aryl methyl sites for hydroxylation is 1. The molecule has 0 bridgehead atoms. The van der Waals surface area contributed by atoms with E-state index in [0.29, 0.717) is 0 Å². The molecule has 1 aliphatic rings. The average molecular weight is 214 g/mol. The quantitative estimate of drug-likeness (QED) is 0.781. The molecule has 6 heteroatoms. The summed E-state index contributed by atoms with van der Waals surface area (Å²) in [4.78, 5) is 0. The van der Waals surface area contributed by atoms with Gasteiger partial charge in [0.05, 0.1) is 6.10 Å². The summed E-state index contributed by atoms with van der Waals surface area (Å²) in [5.41, 5.74) is 0. The van der Waals surface area contributed by atoms with E-state index in [-0.39, 0.29) is 11.4 Å². The molecule has 0 amide bonds. The van der Waals surface area contributed by atoms with E-state index in [1.54, 1.807) is 16.4 Å². The number of hydrogen-bond acceptors (Lipinski definition) is 5. The molecule has 0 aromatic carbocycles. The highest BCUT2D eigenvalue weighted by Crippen LogP contribution is 2.32. The highest BCUT2D eigenvalue weighted by Gasteiger charge is 2.25. The molecule has 1 fully saturated rings. The normalized spacial score (nSPS) is 27.9. The summed E-state index contributed by atoms with van der Waals surface area (Å²) in [6, 6.07) is 0. The van der Waals surface area contributed by atoms with Crippen LogP contribution in [0.4, 0.5) is 0 Å². The first-order valence-corrected chi connectivity index (χ1v) is 5.72. The first-order chi connectivity index (χ1) is 6.77. The van der Waals surface area contributed by atoms with Crippen molar-refractivity contribution in [2.45, 2.75) is 42.2 Å². The molecular formula is C8H14N4OS. The second kappa shape index (κ2) is 4.27. The van der Waals surface area contributed by atoms with E-state index in [2.05, 4.69) is 15.5 Å². The zero-order chi connectivity index (χ0) is 9.97. The van der Waals surface area contributed by atoms with Gasteiger partial charge in [-0.15, -0.1) is 5.10 Å². The zero-order valence-corrected chi connectivity index (χ0v) is 8.94. The summed E-state index contributed by atoms with van der Waals surface area (Å²) < 4.78 is 1.64. The van der Waals surface area contributed by atoms with Crippen molar-refractivity contribution in [3.8, 4) is 0 Å². The summed E-state index contributed by atoms with van der Waals surface area (Å²) in [6.45, 7) is 0. The third kappa shape index (κ3) is 2.06. The predicted octanol–water partition coefficient (Wildman–Crippen LogP) is 0.606. The summed E-state index contributed by atoms with van der Waals surface area (Å²) in [5, 5.41) is 22.0. The fourth-order valence-electron chi connectivity index (χ4n) is 1.67. The number of thioether (sulfide) groups is 1. The van der Waals surface area contributed by atoms with Gasteiger partial charge in [-0.1, -0.05) is 24.6 Å². The number of aliphatic hydroxyl groups excluding tert-OH is 1. The SMILES string of the molecule is Cn1nnnc1SC1CCCCC1O. The Bertz CT molecular complexity index is 303. The lowest BCUT2D eigenvalue weighted by molar-refractivity contribution is 0.137. The summed E-state index contributed by atoms with van der Waals surface area (Å²) in [6.07, 6.45) is 4.09. The standard InChI is InChI=1S/C8H14N4OS/c1-12-8(9-10-11-12)14-7-5-3-2-4-6(7)13/h6-7,13H,2-5H2,1H3. The van der Waals surface area contributed by atoms with E-state index in [9.17, 15) is 5.11 Å². The van der Waals surface area contributed by atoms with Gasteiger partial charge in [0.15, 0.2) is 0 Å². The second-order valence-electron chi connectivity index (χ2n) is 3.59. The predicted molar refractivity (Wildman–Crippen MR) is 52.9 cm³/mol. The number of tetrazole rings is 1. The van der Waals surface area contributed by atoms with E-state index >= 15 is 0 Å². The first-order valence-electron chi connectivity index (χ1n) is 4.84. The fraction of sp³-hybridized carbons (Fsp3) is 0.875. The molecule has 1 heterocycles. The number of hydrogen-bond donors (Lipinski definition) is 1. The Kier molecular flexibility index (Phi) is 3.02. The van der Waals surface area contributed by atoms with Crippen molar-refractivity contribution in [1.82, 2.24) is 20.2 Å². The Morgan fingerprint density at radius 2 is 2.21 bits per heavy atom. The number of aliphatic hydroxyl groups is 1. The van der Waals surface area contributed by atoms with Crippen LogP contribution in [0.3, 0.4) is 0 Å². The van der Waals surface area contributed by atoms with E-state index in [0.717, 1.165) is 24.4 Å². The lowest BCUT2D eigenvalue weighted by Crippen LogP contribution is -2.27. The molecule has 2 unspecified atom stereocenters. The summed E-state index contributed by atoms with van der Waals surface area (Å²) in [5.74, 6) is 0. The molecule has 0 saturated heterocycles. The third-order valence-electron chi connectivity index (χ3n) is 2.51. The summed E-state index contributed by atoms with van der Waals surface area (Å²) in [7, 11) is 1.82. The molecule has 2 rings (SSSR count). The van der Waals surface area contributed by atoms with Gasteiger partial charge in [0.2, 0.25) is 5.16 Å². The van der Waals surface area contributed by atoms with Crippen LogP contribution in [0.2, 0.25) is 0 Å². The van der Waals surface area contributed by atoms with Crippen LogP contribution in [-0.2, 0) is 7.05 Å². The van der Waals surface area contributed by atoms with Gasteiger partial charge in [0, 0.05) is 12.3 Å². The highest BCUT2D eigenvalue weighted by molar-refractivity contribution is 7.99. The molecule has 14 heavy (non-hydrogen) atoms. The van der Waals surface area contributed by atoms with Gasteiger partial charge in [-0.05, 0) is 23.3 Å². The van der Waals surface area contributed by atoms with E-state index in [1.807, 2.05) is 7.05 Å². The van der Waals surface area contributed by atoms with Crippen LogP contribution >= 0.6 is 11.8 Å². The minimum atomic E-state index is -0.203. The molecule has 1 aromatic rings. The average Bonchev–Trinajstić information content (AvgIpc) is 2.56. The maximum absolute atomic E-state index is 9.76. The Hall–Kier alpha value is -0.620. The van der Waals surface area contributed by atoms with Gasteiger partial charge in [-0.25, -0.2) is 4.68 Å². The van der Waals surface area contributed by atoms with Crippen molar-refractivity contribution >= 4 is 11.8 Å². The van der Waals surface area contributed by atoms with Crippen molar-refractivity contribution in [1.29, 1.82) is 0 Å². The number of aromatic nitrogens is 4. The molecule has 1 N–H and O–H groups in total. The minimum Gasteiger partial charge on any atom is -0.392 e. The molecule has 2 atom stereocenters. The maximum atomic E-state index is 9.76. The molecule has 1 saturated carbocycles. The van der Waals surface area contributed by atoms with Crippen molar-refractivity contribution in [2.75, 3.05) is 0 Å². The molecular weight excluding hydrogens is 200 g/mol. The molecule has 1 aromatic heterocycles. The van der Waals surface area contributed by atoms with E-state index < -0.39 is 0 Å². The van der Waals surface area contributed by atoms with Crippen molar-refractivity contribution in [3.63, 3.8) is 0 Å². The summed E-state index contributed by atoms with van der Waals surface area (Å²) >= 11 is 1.58. The lowest BCUT2D eigenvalue weighted by atomic mass is 9.97. The van der Waals surface area contributed by atoms with Crippen LogP contribution in [0, 0.1) is 0 Å². The number of nitrogens with zero attached hydrogens (tertiary/aromatic N) is 4. The molecule has 0 radical (unpaired) electrons. The molecule has 78 valence electrons. The van der Waals surface area contributed by atoms with Gasteiger partial charge in [-0.2, -0.15) is 0 Å². The molecule has 0 spiro atoms. The van der Waals surface area contributed by atoms with Crippen molar-refractivity contribution < 1.29 is 5.11 Å². The van der Waals surface area contributed by atoms with Gasteiger partial charge in [-0.3, -0.25) is 0 Å². The molecule has 1 aliphatic carbocycles. The van der Waals surface area contributed by atoms with Crippen LogP contribution in [0.25, 0.3) is 0 Å². The fourth-order valence-corrected chi connectivity index (χ4v) is 2.79. The van der Waals surface area contributed by atoms with Gasteiger partial charge in [0.1, 0.15) is 0 Å². The Morgan fingerprint density at radius 1 is 1.43 bits per heavy atom. The van der Waals surface area contributed by atoms with Gasteiger partial charge in [0.25, 0.3) is 0 Å². The topological polar surface area (TPSA) is 63.8 Å². The minimum absolute atomic E-state index is 0.203. The largest absolute Gasteiger partial charge is 0.392 e. The van der Waals surface area contributed by atoms with E-state index in [1.165, 1.54) is 6.42 Å². The van der Waals surface area contributed by atoms with Crippen molar-refractivity contribution in [3.05, 3.63) is 0 Å².